The number of nitrogens with one attached hydrogen (secondary N) is 1. The zero-order valence-corrected chi connectivity index (χ0v) is 15.4. The summed E-state index contributed by atoms with van der Waals surface area (Å²) >= 11 is 0. The largest absolute Gasteiger partial charge is 0.448 e. The molecular weight excluding hydrogens is 389 g/mol. The van der Waals surface area contributed by atoms with Crippen molar-refractivity contribution in [2.45, 2.75) is 6.54 Å². The maximum atomic E-state index is 13.1. The fraction of sp³-hybridized carbons (Fsp3) is 0.0500. The molecule has 0 fully saturated rings. The van der Waals surface area contributed by atoms with Crippen LogP contribution in [0.15, 0.2) is 64.1 Å². The second-order valence-electron chi connectivity index (χ2n) is 6.52. The van der Waals surface area contributed by atoms with Crippen molar-refractivity contribution in [1.82, 2.24) is 24.5 Å². The monoisotopic (exact) mass is 403 g/mol. The Morgan fingerprint density at radius 2 is 1.87 bits per heavy atom. The van der Waals surface area contributed by atoms with Crippen molar-refractivity contribution in [1.29, 1.82) is 0 Å². The number of nitrogens with zero attached hydrogens (tertiary/aromatic N) is 5. The van der Waals surface area contributed by atoms with Crippen molar-refractivity contribution in [3.63, 3.8) is 0 Å². The van der Waals surface area contributed by atoms with Crippen LogP contribution in [0.5, 0.6) is 0 Å². The number of fused-ring (bicyclic) bond motifs is 3. The zero-order chi connectivity index (χ0) is 20.7. The standard InChI is InChI=1S/C20H14FN7O2/c21-11-5-7-12(8-6-11)24-20-26-15(25-19(22)27-20)9-28-10-23-16-13-3-1-2-4-14(13)30-17(16)18(28)29/h1-8,10H,9H2,(H3,22,24,25,26,27). The van der Waals surface area contributed by atoms with E-state index in [4.69, 9.17) is 10.2 Å². The molecule has 0 bridgehead atoms. The third kappa shape index (κ3) is 3.20. The minimum absolute atomic E-state index is 0.0175. The molecule has 3 N–H and O–H groups in total. The molecule has 3 heterocycles. The Labute approximate surface area is 168 Å². The van der Waals surface area contributed by atoms with Gasteiger partial charge in [0.25, 0.3) is 5.56 Å². The van der Waals surface area contributed by atoms with Crippen LogP contribution in [-0.2, 0) is 6.54 Å². The summed E-state index contributed by atoms with van der Waals surface area (Å²) in [5.74, 6) is 0.0566. The molecule has 0 unspecified atom stereocenters. The van der Waals surface area contributed by atoms with Crippen LogP contribution in [0.4, 0.5) is 22.0 Å². The lowest BCUT2D eigenvalue weighted by molar-refractivity contribution is 0.628. The summed E-state index contributed by atoms with van der Waals surface area (Å²) < 4.78 is 20.1. The minimum Gasteiger partial charge on any atom is -0.448 e. The van der Waals surface area contributed by atoms with Gasteiger partial charge in [-0.25, -0.2) is 9.37 Å². The Hall–Kier alpha value is -4.34. The fourth-order valence-electron chi connectivity index (χ4n) is 3.11. The lowest BCUT2D eigenvalue weighted by Crippen LogP contribution is -2.22. The maximum Gasteiger partial charge on any atom is 0.297 e. The molecule has 3 aromatic heterocycles. The van der Waals surface area contributed by atoms with Gasteiger partial charge in [0.05, 0.1) is 12.9 Å². The van der Waals surface area contributed by atoms with Gasteiger partial charge in [-0.2, -0.15) is 15.0 Å². The molecule has 0 radical (unpaired) electrons. The lowest BCUT2D eigenvalue weighted by Gasteiger charge is -2.08. The number of benzene rings is 2. The second kappa shape index (κ2) is 6.92. The van der Waals surface area contributed by atoms with E-state index in [1.165, 1.54) is 23.0 Å². The van der Waals surface area contributed by atoms with Gasteiger partial charge in [-0.1, -0.05) is 12.1 Å². The van der Waals surface area contributed by atoms with Crippen molar-refractivity contribution in [2.75, 3.05) is 11.1 Å². The van der Waals surface area contributed by atoms with Gasteiger partial charge in [-0.3, -0.25) is 9.36 Å². The van der Waals surface area contributed by atoms with Crippen LogP contribution in [-0.4, -0.2) is 24.5 Å². The molecule has 0 amide bonds. The Bertz CT molecular complexity index is 1440. The van der Waals surface area contributed by atoms with E-state index in [-0.39, 0.29) is 41.2 Å². The number of furan rings is 1. The molecule has 30 heavy (non-hydrogen) atoms. The quantitative estimate of drug-likeness (QED) is 0.469. The van der Waals surface area contributed by atoms with E-state index >= 15 is 0 Å². The number of hydrogen-bond acceptors (Lipinski definition) is 8. The molecule has 0 aliphatic heterocycles. The fourth-order valence-corrected chi connectivity index (χ4v) is 3.11. The van der Waals surface area contributed by atoms with Crippen molar-refractivity contribution in [2.24, 2.45) is 0 Å². The molecule has 0 saturated carbocycles. The first-order chi connectivity index (χ1) is 14.6. The third-order valence-electron chi connectivity index (χ3n) is 4.46. The average Bonchev–Trinajstić information content (AvgIpc) is 3.11. The van der Waals surface area contributed by atoms with Gasteiger partial charge in [0.1, 0.15) is 16.9 Å². The normalized spacial score (nSPS) is 11.2. The highest BCUT2D eigenvalue weighted by molar-refractivity contribution is 6.01. The predicted octanol–water partition coefficient (Wildman–Crippen LogP) is 2.84. The second-order valence-corrected chi connectivity index (χ2v) is 6.52. The molecule has 9 nitrogen and oxygen atoms in total. The molecule has 0 spiro atoms. The number of hydrogen-bond donors (Lipinski definition) is 2. The number of halogens is 1. The zero-order valence-electron chi connectivity index (χ0n) is 15.4. The Kier molecular flexibility index (Phi) is 4.09. The first kappa shape index (κ1) is 17.7. The van der Waals surface area contributed by atoms with Crippen LogP contribution in [0.3, 0.4) is 0 Å². The summed E-state index contributed by atoms with van der Waals surface area (Å²) in [5, 5.41) is 3.70. The molecule has 0 saturated heterocycles. The summed E-state index contributed by atoms with van der Waals surface area (Å²) in [6.07, 6.45) is 1.42. The first-order valence-corrected chi connectivity index (χ1v) is 8.96. The minimum atomic E-state index is -0.358. The molecule has 0 atom stereocenters. The van der Waals surface area contributed by atoms with Gasteiger partial charge in [0.2, 0.25) is 17.5 Å². The molecular formula is C20H14FN7O2. The summed E-state index contributed by atoms with van der Waals surface area (Å²) in [7, 11) is 0. The summed E-state index contributed by atoms with van der Waals surface area (Å²) in [6, 6.07) is 13.0. The van der Waals surface area contributed by atoms with Crippen molar-refractivity contribution in [3.8, 4) is 0 Å². The van der Waals surface area contributed by atoms with Crippen LogP contribution in [0.1, 0.15) is 5.82 Å². The smallest absolute Gasteiger partial charge is 0.297 e. The van der Waals surface area contributed by atoms with Crippen LogP contribution in [0.25, 0.3) is 22.1 Å². The molecule has 5 aromatic rings. The highest BCUT2D eigenvalue weighted by Gasteiger charge is 2.14. The van der Waals surface area contributed by atoms with Gasteiger partial charge in [0.15, 0.2) is 5.82 Å². The third-order valence-corrected chi connectivity index (χ3v) is 4.46. The van der Waals surface area contributed by atoms with Gasteiger partial charge < -0.3 is 15.5 Å². The number of para-hydroxylation sites is 1. The number of nitrogen functional groups attached to an aromatic ring is 1. The van der Waals surface area contributed by atoms with Crippen molar-refractivity contribution in [3.05, 3.63) is 76.9 Å². The highest BCUT2D eigenvalue weighted by atomic mass is 19.1. The van der Waals surface area contributed by atoms with Crippen molar-refractivity contribution < 1.29 is 8.81 Å². The topological polar surface area (TPSA) is 125 Å². The Balaban J connectivity index is 1.49. The van der Waals surface area contributed by atoms with Crippen LogP contribution in [0.2, 0.25) is 0 Å². The number of aromatic nitrogens is 5. The maximum absolute atomic E-state index is 13.1. The molecule has 5 rings (SSSR count). The van der Waals surface area contributed by atoms with E-state index in [2.05, 4.69) is 25.3 Å². The lowest BCUT2D eigenvalue weighted by atomic mass is 10.2. The molecule has 0 aliphatic carbocycles. The number of rotatable bonds is 4. The van der Waals surface area contributed by atoms with E-state index in [0.29, 0.717) is 16.8 Å². The van der Waals surface area contributed by atoms with E-state index < -0.39 is 0 Å². The number of nitrogens with two attached hydrogens (primary N) is 1. The summed E-state index contributed by atoms with van der Waals surface area (Å²) in [6.45, 7) is 0.0175. The van der Waals surface area contributed by atoms with Crippen molar-refractivity contribution >= 4 is 39.7 Å². The first-order valence-electron chi connectivity index (χ1n) is 8.96. The van der Waals surface area contributed by atoms with Gasteiger partial charge >= 0.3 is 0 Å². The van der Waals surface area contributed by atoms with E-state index in [0.717, 1.165) is 5.39 Å². The average molecular weight is 403 g/mol. The molecule has 0 aliphatic rings. The Morgan fingerprint density at radius 1 is 1.07 bits per heavy atom. The number of anilines is 3. The van der Waals surface area contributed by atoms with Crippen LogP contribution >= 0.6 is 0 Å². The van der Waals surface area contributed by atoms with Gasteiger partial charge in [-0.05, 0) is 36.4 Å². The predicted molar refractivity (Wildman–Crippen MR) is 109 cm³/mol. The summed E-state index contributed by atoms with van der Waals surface area (Å²) in [4.78, 5) is 29.6. The van der Waals surface area contributed by atoms with E-state index in [9.17, 15) is 9.18 Å². The molecule has 2 aromatic carbocycles. The highest BCUT2D eigenvalue weighted by Crippen LogP contribution is 2.24. The van der Waals surface area contributed by atoms with Gasteiger partial charge in [0, 0.05) is 11.1 Å². The van der Waals surface area contributed by atoms with Crippen LogP contribution < -0.4 is 16.6 Å². The van der Waals surface area contributed by atoms with Gasteiger partial charge in [-0.15, -0.1) is 0 Å². The molecule has 10 heteroatoms. The van der Waals surface area contributed by atoms with E-state index in [1.54, 1.807) is 18.2 Å². The molecule has 148 valence electrons. The Morgan fingerprint density at radius 3 is 2.70 bits per heavy atom. The summed E-state index contributed by atoms with van der Waals surface area (Å²) in [5.41, 5.74) is 7.25. The van der Waals surface area contributed by atoms with E-state index in [1.807, 2.05) is 18.2 Å². The van der Waals surface area contributed by atoms with Crippen LogP contribution in [0, 0.1) is 5.82 Å². The SMILES string of the molecule is Nc1nc(Cn2cnc3c(oc4ccccc43)c2=O)nc(Nc2ccc(F)cc2)n1.